The van der Waals surface area contributed by atoms with Gasteiger partial charge in [0.2, 0.25) is 12.2 Å². The molecule has 0 N–H and O–H groups in total. The van der Waals surface area contributed by atoms with Crippen LogP contribution in [0.25, 0.3) is 11.3 Å². The molecule has 132 valence electrons. The molecular formula is C19H18N4O3. The Morgan fingerprint density at radius 1 is 1.19 bits per heavy atom. The van der Waals surface area contributed by atoms with Crippen LogP contribution in [0, 0.1) is 6.92 Å². The highest BCUT2D eigenvalue weighted by atomic mass is 16.5. The number of rotatable bonds is 3. The minimum Gasteiger partial charge on any atom is -0.366 e. The highest BCUT2D eigenvalue weighted by Gasteiger charge is 2.29. The third kappa shape index (κ3) is 3.09. The molecule has 7 heteroatoms. The summed E-state index contributed by atoms with van der Waals surface area (Å²) in [6, 6.07) is 11.5. The number of hydrogen-bond acceptors (Lipinski definition) is 6. The van der Waals surface area contributed by atoms with E-state index in [9.17, 15) is 4.79 Å². The highest BCUT2D eigenvalue weighted by molar-refractivity contribution is 5.97. The van der Waals surface area contributed by atoms with Crippen molar-refractivity contribution in [3.05, 3.63) is 65.9 Å². The van der Waals surface area contributed by atoms with Crippen molar-refractivity contribution >= 4 is 5.91 Å². The molecule has 4 rings (SSSR count). The maximum atomic E-state index is 13.1. The summed E-state index contributed by atoms with van der Waals surface area (Å²) < 4.78 is 10.5. The number of carbonyl (C=O) groups excluding carboxylic acids is 1. The molecular weight excluding hydrogens is 332 g/mol. The van der Waals surface area contributed by atoms with Crippen molar-refractivity contribution in [2.45, 2.75) is 13.0 Å². The van der Waals surface area contributed by atoms with Crippen molar-refractivity contribution in [1.29, 1.82) is 0 Å². The lowest BCUT2D eigenvalue weighted by Gasteiger charge is -2.32. The molecule has 1 amide bonds. The van der Waals surface area contributed by atoms with Crippen LogP contribution in [0.2, 0.25) is 0 Å². The number of aromatic nitrogens is 3. The normalized spacial score (nSPS) is 17.3. The third-order valence-corrected chi connectivity index (χ3v) is 4.53. The zero-order valence-electron chi connectivity index (χ0n) is 14.3. The van der Waals surface area contributed by atoms with Crippen LogP contribution < -0.4 is 0 Å². The molecule has 3 aromatic rings. The Hall–Kier alpha value is -3.06. The Bertz CT molecular complexity index is 896. The van der Waals surface area contributed by atoms with Crippen LogP contribution in [-0.4, -0.2) is 45.6 Å². The Morgan fingerprint density at radius 2 is 2.12 bits per heavy atom. The first kappa shape index (κ1) is 16.4. The zero-order valence-corrected chi connectivity index (χ0v) is 14.3. The summed E-state index contributed by atoms with van der Waals surface area (Å²) in [5, 5.41) is 3.82. The lowest BCUT2D eigenvalue weighted by molar-refractivity contribution is -0.0276. The Kier molecular flexibility index (Phi) is 4.45. The van der Waals surface area contributed by atoms with Gasteiger partial charge in [0.05, 0.1) is 18.8 Å². The molecule has 1 atom stereocenters. The number of benzene rings is 1. The number of pyridine rings is 1. The first-order valence-electron chi connectivity index (χ1n) is 8.42. The largest absolute Gasteiger partial charge is 0.366 e. The van der Waals surface area contributed by atoms with E-state index in [1.54, 1.807) is 11.1 Å². The smallest absolute Gasteiger partial charge is 0.254 e. The van der Waals surface area contributed by atoms with Gasteiger partial charge < -0.3 is 14.2 Å². The Balaban J connectivity index is 1.60. The van der Waals surface area contributed by atoms with Gasteiger partial charge in [-0.2, -0.15) is 4.98 Å². The maximum Gasteiger partial charge on any atom is 0.254 e. The molecule has 1 aliphatic rings. The van der Waals surface area contributed by atoms with E-state index >= 15 is 0 Å². The van der Waals surface area contributed by atoms with Crippen molar-refractivity contribution in [1.82, 2.24) is 20.0 Å². The van der Waals surface area contributed by atoms with Crippen LogP contribution in [0.5, 0.6) is 0 Å². The summed E-state index contributed by atoms with van der Waals surface area (Å²) in [6.07, 6.45) is 2.64. The predicted octanol–water partition coefficient (Wildman–Crippen LogP) is 2.65. The SMILES string of the molecule is Cc1c(C(=O)N2CCO[C@@H](c3ncon3)C2)cccc1-c1ccccn1. The van der Waals surface area contributed by atoms with Gasteiger partial charge in [0, 0.05) is 23.9 Å². The van der Waals surface area contributed by atoms with Gasteiger partial charge in [-0.25, -0.2) is 0 Å². The molecule has 0 saturated carbocycles. The highest BCUT2D eigenvalue weighted by Crippen LogP contribution is 2.26. The topological polar surface area (TPSA) is 81.4 Å². The molecule has 2 aromatic heterocycles. The summed E-state index contributed by atoms with van der Waals surface area (Å²) >= 11 is 0. The monoisotopic (exact) mass is 350 g/mol. The number of carbonyl (C=O) groups is 1. The van der Waals surface area contributed by atoms with Gasteiger partial charge in [0.15, 0.2) is 0 Å². The van der Waals surface area contributed by atoms with Crippen LogP contribution in [0.1, 0.15) is 27.8 Å². The number of amides is 1. The van der Waals surface area contributed by atoms with E-state index in [2.05, 4.69) is 15.1 Å². The lowest BCUT2D eigenvalue weighted by atomic mass is 9.98. The molecule has 7 nitrogen and oxygen atoms in total. The van der Waals surface area contributed by atoms with Crippen LogP contribution in [-0.2, 0) is 4.74 Å². The number of nitrogens with zero attached hydrogens (tertiary/aromatic N) is 4. The second-order valence-corrected chi connectivity index (χ2v) is 6.09. The van der Waals surface area contributed by atoms with Crippen molar-refractivity contribution < 1.29 is 14.1 Å². The fourth-order valence-electron chi connectivity index (χ4n) is 3.15. The second kappa shape index (κ2) is 7.05. The van der Waals surface area contributed by atoms with Crippen molar-refractivity contribution in [2.24, 2.45) is 0 Å². The molecule has 1 aromatic carbocycles. The van der Waals surface area contributed by atoms with Crippen molar-refractivity contribution in [3.8, 4) is 11.3 Å². The fraction of sp³-hybridized carbons (Fsp3) is 0.263. The zero-order chi connectivity index (χ0) is 17.9. The van der Waals surface area contributed by atoms with Crippen LogP contribution in [0.4, 0.5) is 0 Å². The molecule has 26 heavy (non-hydrogen) atoms. The second-order valence-electron chi connectivity index (χ2n) is 6.09. The summed E-state index contributed by atoms with van der Waals surface area (Å²) in [5.41, 5.74) is 3.39. The van der Waals surface area contributed by atoms with E-state index in [4.69, 9.17) is 9.26 Å². The molecule has 1 saturated heterocycles. The third-order valence-electron chi connectivity index (χ3n) is 4.53. The van der Waals surface area contributed by atoms with E-state index < -0.39 is 0 Å². The van der Waals surface area contributed by atoms with E-state index in [0.717, 1.165) is 16.8 Å². The number of morpholine rings is 1. The molecule has 1 aliphatic heterocycles. The molecule has 0 radical (unpaired) electrons. The van der Waals surface area contributed by atoms with Gasteiger partial charge >= 0.3 is 0 Å². The quantitative estimate of drug-likeness (QED) is 0.722. The Labute approximate surface area is 150 Å². The van der Waals surface area contributed by atoms with Crippen molar-refractivity contribution in [3.63, 3.8) is 0 Å². The molecule has 0 bridgehead atoms. The first-order chi connectivity index (χ1) is 12.7. The predicted molar refractivity (Wildman–Crippen MR) is 93.3 cm³/mol. The van der Waals surface area contributed by atoms with E-state index in [0.29, 0.717) is 31.1 Å². The standard InChI is InChI=1S/C19H18N4O3/c1-13-14(16-7-2-3-8-20-16)5-4-6-15(13)19(24)23-9-10-25-17(11-23)18-21-12-26-22-18/h2-8,12,17H,9-11H2,1H3/t17-/m1/s1. The summed E-state index contributed by atoms with van der Waals surface area (Å²) in [6.45, 7) is 3.31. The molecule has 0 unspecified atom stereocenters. The molecule has 3 heterocycles. The lowest BCUT2D eigenvalue weighted by Crippen LogP contribution is -2.42. The van der Waals surface area contributed by atoms with Crippen LogP contribution in [0.3, 0.4) is 0 Å². The minimum atomic E-state index is -0.370. The van der Waals surface area contributed by atoms with Gasteiger partial charge in [0.25, 0.3) is 5.91 Å². The van der Waals surface area contributed by atoms with Crippen molar-refractivity contribution in [2.75, 3.05) is 19.7 Å². The van der Waals surface area contributed by atoms with Crippen LogP contribution in [0.15, 0.2) is 53.5 Å². The fourth-order valence-corrected chi connectivity index (χ4v) is 3.15. The van der Waals surface area contributed by atoms with Gasteiger partial charge in [0.1, 0.15) is 6.10 Å². The first-order valence-corrected chi connectivity index (χ1v) is 8.42. The van der Waals surface area contributed by atoms with E-state index in [1.807, 2.05) is 43.3 Å². The van der Waals surface area contributed by atoms with E-state index in [1.165, 1.54) is 6.39 Å². The molecule has 0 spiro atoms. The summed E-state index contributed by atoms with van der Waals surface area (Å²) in [4.78, 5) is 23.3. The summed E-state index contributed by atoms with van der Waals surface area (Å²) in [5.74, 6) is 0.429. The molecule has 1 fully saturated rings. The summed E-state index contributed by atoms with van der Waals surface area (Å²) in [7, 11) is 0. The van der Waals surface area contributed by atoms with E-state index in [-0.39, 0.29) is 12.0 Å². The molecule has 0 aliphatic carbocycles. The van der Waals surface area contributed by atoms with Gasteiger partial charge in [-0.15, -0.1) is 0 Å². The average molecular weight is 350 g/mol. The van der Waals surface area contributed by atoms with Gasteiger partial charge in [-0.05, 0) is 30.7 Å². The average Bonchev–Trinajstić information content (AvgIpc) is 3.23. The number of hydrogen-bond donors (Lipinski definition) is 0. The number of ether oxygens (including phenoxy) is 1. The minimum absolute atomic E-state index is 0.0305. The van der Waals surface area contributed by atoms with Crippen LogP contribution >= 0.6 is 0 Å². The Morgan fingerprint density at radius 3 is 2.88 bits per heavy atom. The van der Waals surface area contributed by atoms with Gasteiger partial charge in [-0.3, -0.25) is 9.78 Å². The van der Waals surface area contributed by atoms with Gasteiger partial charge in [-0.1, -0.05) is 23.4 Å². The maximum absolute atomic E-state index is 13.1.